The van der Waals surface area contributed by atoms with Crippen LogP contribution in [-0.2, 0) is 9.53 Å². The summed E-state index contributed by atoms with van der Waals surface area (Å²) in [5.41, 5.74) is 3.97. The Bertz CT molecular complexity index is 210. The Balaban J connectivity index is 3.89. The average molecular weight is 216 g/mol. The van der Waals surface area contributed by atoms with Crippen LogP contribution >= 0.6 is 0 Å². The third kappa shape index (κ3) is 7.51. The van der Waals surface area contributed by atoms with E-state index in [4.69, 9.17) is 4.74 Å². The number of quaternary nitrogens is 1. The van der Waals surface area contributed by atoms with Crippen molar-refractivity contribution in [1.29, 1.82) is 0 Å². The highest BCUT2D eigenvalue weighted by Crippen LogP contribution is 2.22. The number of ether oxygens (including phenoxy) is 1. The van der Waals surface area contributed by atoms with E-state index in [-0.39, 0.29) is 16.6 Å². The number of carbonyl (C=O) groups excluding carboxylic acids is 1. The van der Waals surface area contributed by atoms with Gasteiger partial charge in [0.05, 0.1) is 19.8 Å². The van der Waals surface area contributed by atoms with Crippen LogP contribution in [0.4, 0.5) is 0 Å². The van der Waals surface area contributed by atoms with Crippen molar-refractivity contribution in [2.45, 2.75) is 41.0 Å². The first kappa shape index (κ1) is 14.6. The van der Waals surface area contributed by atoms with Gasteiger partial charge in [0.15, 0.2) is 0 Å². The van der Waals surface area contributed by atoms with Crippen LogP contribution in [0, 0.1) is 10.8 Å². The summed E-state index contributed by atoms with van der Waals surface area (Å²) in [6, 6.07) is 0. The van der Waals surface area contributed by atoms with E-state index in [9.17, 15) is 4.79 Å². The van der Waals surface area contributed by atoms with Gasteiger partial charge in [0.1, 0.15) is 5.78 Å². The smallest absolute Gasteiger partial charge is 0.130 e. The fourth-order valence-corrected chi connectivity index (χ4v) is 1.40. The summed E-state index contributed by atoms with van der Waals surface area (Å²) in [6.07, 6.45) is 0.581. The largest absolute Gasteiger partial charge is 0.380 e. The Kier molecular flexibility index (Phi) is 5.46. The summed E-state index contributed by atoms with van der Waals surface area (Å²) in [7, 11) is 0. The van der Waals surface area contributed by atoms with Crippen LogP contribution in [-0.4, -0.2) is 25.5 Å². The first-order valence-corrected chi connectivity index (χ1v) is 5.55. The van der Waals surface area contributed by atoms with Crippen LogP contribution in [0.5, 0.6) is 0 Å². The minimum atomic E-state index is -0.0525. The molecule has 3 heteroatoms. The maximum absolute atomic E-state index is 11.0. The minimum absolute atomic E-state index is 0.0525. The number of Topliss-reactive ketones (excluding diaryl/α,β-unsaturated/α-hetero) is 1. The number of hydrogen-bond acceptors (Lipinski definition) is 2. The first-order valence-electron chi connectivity index (χ1n) is 5.55. The molecule has 0 aromatic carbocycles. The van der Waals surface area contributed by atoms with E-state index < -0.39 is 0 Å². The second-order valence-corrected chi connectivity index (χ2v) is 5.95. The van der Waals surface area contributed by atoms with Gasteiger partial charge in [-0.3, -0.25) is 0 Å². The van der Waals surface area contributed by atoms with Crippen LogP contribution in [0.15, 0.2) is 0 Å². The Morgan fingerprint density at radius 1 is 1.13 bits per heavy atom. The molecule has 0 spiro atoms. The summed E-state index contributed by atoms with van der Waals surface area (Å²) in [4.78, 5) is 11.0. The van der Waals surface area contributed by atoms with Crippen molar-refractivity contribution in [2.24, 2.45) is 10.8 Å². The quantitative estimate of drug-likeness (QED) is 0.697. The highest BCUT2D eigenvalue weighted by atomic mass is 16.5. The molecule has 0 radical (unpaired) electrons. The highest BCUT2D eigenvalue weighted by molar-refractivity contribution is 5.76. The molecule has 3 N–H and O–H groups in total. The van der Waals surface area contributed by atoms with Gasteiger partial charge in [-0.05, 0) is 12.3 Å². The SMILES string of the molecule is CC(=O)CC(C)(C)COCC(C)(C)C[NH3+]. The van der Waals surface area contributed by atoms with Crippen LogP contribution in [0.3, 0.4) is 0 Å². The molecule has 0 aromatic heterocycles. The molecule has 0 aromatic rings. The number of hydrogen-bond donors (Lipinski definition) is 1. The zero-order valence-corrected chi connectivity index (χ0v) is 10.9. The molecule has 0 unspecified atom stereocenters. The number of carbonyl (C=O) groups is 1. The van der Waals surface area contributed by atoms with Crippen LogP contribution in [0.1, 0.15) is 41.0 Å². The van der Waals surface area contributed by atoms with Crippen molar-refractivity contribution in [3.63, 3.8) is 0 Å². The normalized spacial score (nSPS) is 12.9. The van der Waals surface area contributed by atoms with Crippen LogP contribution in [0.2, 0.25) is 0 Å². The van der Waals surface area contributed by atoms with Crippen molar-refractivity contribution in [3.8, 4) is 0 Å². The van der Waals surface area contributed by atoms with E-state index in [0.29, 0.717) is 19.6 Å². The van der Waals surface area contributed by atoms with E-state index in [1.165, 1.54) is 0 Å². The molecule has 0 saturated carbocycles. The topological polar surface area (TPSA) is 53.9 Å². The van der Waals surface area contributed by atoms with Gasteiger partial charge in [-0.1, -0.05) is 27.7 Å². The fraction of sp³-hybridized carbons (Fsp3) is 0.917. The zero-order chi connectivity index (χ0) is 12.1. The summed E-state index contributed by atoms with van der Waals surface area (Å²) >= 11 is 0. The van der Waals surface area contributed by atoms with E-state index >= 15 is 0 Å². The van der Waals surface area contributed by atoms with Gasteiger partial charge in [-0.25, -0.2) is 0 Å². The summed E-state index contributed by atoms with van der Waals surface area (Å²) in [5, 5.41) is 0. The van der Waals surface area contributed by atoms with Gasteiger partial charge >= 0.3 is 0 Å². The predicted molar refractivity (Wildman–Crippen MR) is 61.4 cm³/mol. The Morgan fingerprint density at radius 2 is 1.60 bits per heavy atom. The Hall–Kier alpha value is -0.410. The van der Waals surface area contributed by atoms with Crippen molar-refractivity contribution >= 4 is 5.78 Å². The molecule has 0 aliphatic carbocycles. The molecule has 0 aliphatic rings. The lowest BCUT2D eigenvalue weighted by atomic mass is 9.88. The number of ketones is 1. The summed E-state index contributed by atoms with van der Waals surface area (Å²) in [5.74, 6) is 0.222. The molecule has 0 saturated heterocycles. The lowest BCUT2D eigenvalue weighted by Crippen LogP contribution is -2.57. The standard InChI is InChI=1S/C12H25NO2/c1-10(14)6-11(2,3)8-15-9-12(4,5)7-13/h6-9,13H2,1-5H3/p+1. The fourth-order valence-electron chi connectivity index (χ4n) is 1.40. The van der Waals surface area contributed by atoms with E-state index in [0.717, 1.165) is 6.54 Å². The molecule has 0 amide bonds. The van der Waals surface area contributed by atoms with E-state index in [1.807, 2.05) is 0 Å². The molecular weight excluding hydrogens is 190 g/mol. The second-order valence-electron chi connectivity index (χ2n) is 5.95. The van der Waals surface area contributed by atoms with Gasteiger partial charge in [0.2, 0.25) is 0 Å². The molecule has 0 heterocycles. The van der Waals surface area contributed by atoms with E-state index in [2.05, 4.69) is 33.4 Å². The van der Waals surface area contributed by atoms with E-state index in [1.54, 1.807) is 6.92 Å². The van der Waals surface area contributed by atoms with Gasteiger partial charge in [0, 0.05) is 11.8 Å². The molecule has 0 rings (SSSR count). The predicted octanol–water partition coefficient (Wildman–Crippen LogP) is 1.28. The summed E-state index contributed by atoms with van der Waals surface area (Å²) < 4.78 is 5.66. The maximum atomic E-state index is 11.0. The Morgan fingerprint density at radius 3 is 2.00 bits per heavy atom. The molecule has 0 fully saturated rings. The molecular formula is C12H26NO2+. The second kappa shape index (κ2) is 5.61. The Labute approximate surface area is 93.4 Å². The third-order valence-corrected chi connectivity index (χ3v) is 2.39. The van der Waals surface area contributed by atoms with Crippen LogP contribution < -0.4 is 5.73 Å². The molecule has 0 aliphatic heterocycles. The van der Waals surface area contributed by atoms with Crippen molar-refractivity contribution in [3.05, 3.63) is 0 Å². The zero-order valence-electron chi connectivity index (χ0n) is 10.9. The minimum Gasteiger partial charge on any atom is -0.380 e. The lowest BCUT2D eigenvalue weighted by molar-refractivity contribution is -0.392. The van der Waals surface area contributed by atoms with Gasteiger partial charge < -0.3 is 15.3 Å². The van der Waals surface area contributed by atoms with Crippen molar-refractivity contribution < 1.29 is 15.3 Å². The van der Waals surface area contributed by atoms with Gasteiger partial charge in [-0.15, -0.1) is 0 Å². The highest BCUT2D eigenvalue weighted by Gasteiger charge is 2.23. The number of rotatable bonds is 7. The van der Waals surface area contributed by atoms with Gasteiger partial charge in [-0.2, -0.15) is 0 Å². The van der Waals surface area contributed by atoms with Crippen LogP contribution in [0.25, 0.3) is 0 Å². The maximum Gasteiger partial charge on any atom is 0.130 e. The first-order chi connectivity index (χ1) is 6.68. The molecule has 90 valence electrons. The van der Waals surface area contributed by atoms with Crippen molar-refractivity contribution in [1.82, 2.24) is 0 Å². The van der Waals surface area contributed by atoms with Crippen molar-refractivity contribution in [2.75, 3.05) is 19.8 Å². The molecule has 3 nitrogen and oxygen atoms in total. The van der Waals surface area contributed by atoms with Gasteiger partial charge in [0.25, 0.3) is 0 Å². The molecule has 0 atom stereocenters. The molecule has 0 bridgehead atoms. The lowest BCUT2D eigenvalue weighted by Gasteiger charge is -2.26. The summed E-state index contributed by atoms with van der Waals surface area (Å²) in [6.45, 7) is 12.2. The molecule has 15 heavy (non-hydrogen) atoms. The third-order valence-electron chi connectivity index (χ3n) is 2.39. The average Bonchev–Trinajstić information content (AvgIpc) is 2.00. The monoisotopic (exact) mass is 216 g/mol.